The summed E-state index contributed by atoms with van der Waals surface area (Å²) < 4.78 is 0. The van der Waals surface area contributed by atoms with E-state index in [0.717, 1.165) is 18.8 Å². The second-order valence-corrected chi connectivity index (χ2v) is 3.98. The second-order valence-electron chi connectivity index (χ2n) is 3.22. The minimum atomic E-state index is 0. The van der Waals surface area contributed by atoms with Gasteiger partial charge in [0.1, 0.15) is 0 Å². The van der Waals surface area contributed by atoms with Gasteiger partial charge in [-0.1, -0.05) is 0 Å². The average molecular weight is 321 g/mol. The third kappa shape index (κ3) is 6.32. The van der Waals surface area contributed by atoms with Crippen molar-refractivity contribution in [1.29, 1.82) is 0 Å². The molecule has 0 unspecified atom stereocenters. The topological polar surface area (TPSA) is 55.3 Å². The van der Waals surface area contributed by atoms with E-state index in [1.165, 1.54) is 0 Å². The van der Waals surface area contributed by atoms with Crippen molar-refractivity contribution in [2.75, 3.05) is 41.2 Å². The van der Waals surface area contributed by atoms with Gasteiger partial charge in [0.2, 0.25) is 0 Å². The van der Waals surface area contributed by atoms with E-state index in [0.29, 0.717) is 23.1 Å². The van der Waals surface area contributed by atoms with Crippen molar-refractivity contribution in [1.82, 2.24) is 0 Å². The molecule has 0 saturated heterocycles. The highest BCUT2D eigenvalue weighted by Crippen LogP contribution is 2.22. The van der Waals surface area contributed by atoms with Crippen LogP contribution in [0.1, 0.15) is 0 Å². The largest absolute Gasteiger partial charge is 0.399 e. The summed E-state index contributed by atoms with van der Waals surface area (Å²) in [6, 6.07) is 5.47. The van der Waals surface area contributed by atoms with Gasteiger partial charge in [-0.05, 0) is 18.2 Å². The first-order valence-corrected chi connectivity index (χ1v) is 5.77. The molecule has 3 nitrogen and oxygen atoms in total. The molecule has 17 heavy (non-hydrogen) atoms. The number of benzene rings is 1. The molecule has 1 rings (SSSR count). The predicted molar refractivity (Wildman–Crippen MR) is 83.4 cm³/mol. The van der Waals surface area contributed by atoms with E-state index in [1.807, 2.05) is 12.1 Å². The molecule has 1 aromatic rings. The first-order chi connectivity index (χ1) is 7.17. The molecule has 0 aromatic heterocycles. The molecule has 0 heterocycles. The number of nitrogen functional groups attached to an aromatic ring is 2. The van der Waals surface area contributed by atoms with Gasteiger partial charge in [0.05, 0.1) is 0 Å². The molecule has 1 aromatic carbocycles. The van der Waals surface area contributed by atoms with Crippen LogP contribution in [0.5, 0.6) is 0 Å². The van der Waals surface area contributed by atoms with Gasteiger partial charge in [-0.25, -0.2) is 0 Å². The van der Waals surface area contributed by atoms with Crippen LogP contribution in [0.15, 0.2) is 18.2 Å². The Labute approximate surface area is 124 Å². The van der Waals surface area contributed by atoms with Gasteiger partial charge in [-0.15, -0.1) is 48.0 Å². The lowest BCUT2D eigenvalue weighted by Gasteiger charge is -2.23. The van der Waals surface area contributed by atoms with E-state index in [1.54, 1.807) is 6.07 Å². The van der Waals surface area contributed by atoms with E-state index in [4.69, 9.17) is 34.7 Å². The highest BCUT2D eigenvalue weighted by Gasteiger charge is 2.06. The molecule has 0 aliphatic carbocycles. The predicted octanol–water partition coefficient (Wildman–Crippen LogP) is 2.98. The van der Waals surface area contributed by atoms with Crippen LogP contribution in [0.2, 0.25) is 0 Å². The average Bonchev–Trinajstić information content (AvgIpc) is 2.16. The van der Waals surface area contributed by atoms with Gasteiger partial charge in [-0.2, -0.15) is 0 Å². The Bertz CT molecular complexity index is 296. The maximum atomic E-state index is 5.72. The van der Waals surface area contributed by atoms with Crippen LogP contribution in [0.25, 0.3) is 0 Å². The Hall–Kier alpha value is -0.220. The third-order valence-corrected chi connectivity index (χ3v) is 2.37. The fraction of sp³-hybridized carbons (Fsp3) is 0.400. The van der Waals surface area contributed by atoms with E-state index in [2.05, 4.69) is 4.90 Å². The van der Waals surface area contributed by atoms with Gasteiger partial charge in [0, 0.05) is 41.9 Å². The van der Waals surface area contributed by atoms with Crippen molar-refractivity contribution in [2.45, 2.75) is 0 Å². The fourth-order valence-corrected chi connectivity index (χ4v) is 1.82. The van der Waals surface area contributed by atoms with Gasteiger partial charge in [0.25, 0.3) is 0 Å². The number of hydrogen-bond acceptors (Lipinski definition) is 3. The second kappa shape index (κ2) is 9.77. The van der Waals surface area contributed by atoms with Crippen LogP contribution < -0.4 is 16.4 Å². The van der Waals surface area contributed by atoms with Gasteiger partial charge < -0.3 is 16.4 Å². The molecular formula is C10H17Cl4N3. The van der Waals surface area contributed by atoms with Crippen LogP contribution in [0, 0.1) is 0 Å². The molecular weight excluding hydrogens is 304 g/mol. The van der Waals surface area contributed by atoms with Crippen LogP contribution in [-0.2, 0) is 0 Å². The van der Waals surface area contributed by atoms with Crippen molar-refractivity contribution in [3.8, 4) is 0 Å². The molecule has 0 bridgehead atoms. The summed E-state index contributed by atoms with van der Waals surface area (Å²) in [6.45, 7) is 1.47. The highest BCUT2D eigenvalue weighted by molar-refractivity contribution is 6.18. The molecule has 0 aliphatic heterocycles. The van der Waals surface area contributed by atoms with Gasteiger partial charge in [-0.3, -0.25) is 0 Å². The maximum Gasteiger partial charge on any atom is 0.0408 e. The molecule has 0 spiro atoms. The number of anilines is 3. The van der Waals surface area contributed by atoms with Crippen molar-refractivity contribution < 1.29 is 0 Å². The normalized spacial score (nSPS) is 9.06. The Morgan fingerprint density at radius 2 is 1.29 bits per heavy atom. The van der Waals surface area contributed by atoms with Crippen LogP contribution in [0.4, 0.5) is 17.1 Å². The zero-order valence-electron chi connectivity index (χ0n) is 9.23. The minimum Gasteiger partial charge on any atom is -0.399 e. The number of rotatable bonds is 5. The van der Waals surface area contributed by atoms with Crippen LogP contribution >= 0.6 is 48.0 Å². The molecule has 0 fully saturated rings. The summed E-state index contributed by atoms with van der Waals surface area (Å²) in [4.78, 5) is 2.06. The lowest BCUT2D eigenvalue weighted by Crippen LogP contribution is -2.27. The fourth-order valence-electron chi connectivity index (χ4n) is 1.42. The summed E-state index contributed by atoms with van der Waals surface area (Å²) >= 11 is 11.4. The molecule has 0 radical (unpaired) electrons. The lowest BCUT2D eigenvalue weighted by molar-refractivity contribution is 0.874. The molecule has 7 heteroatoms. The van der Waals surface area contributed by atoms with E-state index in [9.17, 15) is 0 Å². The number of hydrogen-bond donors (Lipinski definition) is 2. The summed E-state index contributed by atoms with van der Waals surface area (Å²) in [5.41, 5.74) is 13.7. The molecule has 4 N–H and O–H groups in total. The Morgan fingerprint density at radius 3 is 1.65 bits per heavy atom. The SMILES string of the molecule is Cl.Cl.Nc1cc(N)cc(N(CCCl)CCCl)c1. The van der Waals surface area contributed by atoms with Crippen LogP contribution in [-0.4, -0.2) is 24.8 Å². The Morgan fingerprint density at radius 1 is 0.882 bits per heavy atom. The molecule has 0 aliphatic rings. The van der Waals surface area contributed by atoms with Gasteiger partial charge in [0.15, 0.2) is 0 Å². The lowest BCUT2D eigenvalue weighted by atomic mass is 10.2. The Kier molecular flexibility index (Phi) is 11.0. The standard InChI is InChI=1S/C10H15Cl2N3.2ClH/c11-1-3-15(4-2-12)10-6-8(13)5-9(14)7-10;;/h5-7H,1-4,13-14H2;2*1H. The van der Waals surface area contributed by atoms with Crippen LogP contribution in [0.3, 0.4) is 0 Å². The minimum absolute atomic E-state index is 0. The molecule has 100 valence electrons. The first kappa shape index (κ1) is 19.1. The number of halogens is 4. The van der Waals surface area contributed by atoms with Crippen molar-refractivity contribution in [2.24, 2.45) is 0 Å². The zero-order chi connectivity index (χ0) is 11.3. The summed E-state index contributed by atoms with van der Waals surface area (Å²) in [5, 5.41) is 0. The smallest absolute Gasteiger partial charge is 0.0408 e. The molecule has 0 atom stereocenters. The highest BCUT2D eigenvalue weighted by atomic mass is 35.5. The third-order valence-electron chi connectivity index (χ3n) is 2.04. The van der Waals surface area contributed by atoms with Crippen molar-refractivity contribution in [3.05, 3.63) is 18.2 Å². The summed E-state index contributed by atoms with van der Waals surface area (Å²) in [5.74, 6) is 1.09. The monoisotopic (exact) mass is 319 g/mol. The summed E-state index contributed by atoms with van der Waals surface area (Å²) in [7, 11) is 0. The zero-order valence-corrected chi connectivity index (χ0v) is 12.4. The van der Waals surface area contributed by atoms with Crippen molar-refractivity contribution in [3.63, 3.8) is 0 Å². The van der Waals surface area contributed by atoms with E-state index < -0.39 is 0 Å². The first-order valence-electron chi connectivity index (χ1n) is 4.70. The number of nitrogens with zero attached hydrogens (tertiary/aromatic N) is 1. The van der Waals surface area contributed by atoms with E-state index in [-0.39, 0.29) is 24.8 Å². The Balaban J connectivity index is 0. The van der Waals surface area contributed by atoms with E-state index >= 15 is 0 Å². The molecule has 0 saturated carbocycles. The quantitative estimate of drug-likeness (QED) is 0.647. The number of nitrogens with two attached hydrogens (primary N) is 2. The molecule has 0 amide bonds. The maximum absolute atomic E-state index is 5.72. The van der Waals surface area contributed by atoms with Crippen molar-refractivity contribution >= 4 is 65.1 Å². The van der Waals surface area contributed by atoms with Gasteiger partial charge >= 0.3 is 0 Å². The summed E-state index contributed by atoms with van der Waals surface area (Å²) in [6.07, 6.45) is 0. The number of alkyl halides is 2.